The first-order chi connectivity index (χ1) is 15.0. The molecule has 1 aromatic carbocycles. The van der Waals surface area contributed by atoms with Gasteiger partial charge in [-0.2, -0.15) is 0 Å². The van der Waals surface area contributed by atoms with Crippen molar-refractivity contribution < 1.29 is 14.7 Å². The Bertz CT molecular complexity index is 1380. The summed E-state index contributed by atoms with van der Waals surface area (Å²) in [6, 6.07) is 13.0. The van der Waals surface area contributed by atoms with Gasteiger partial charge in [0.1, 0.15) is 11.2 Å². The zero-order valence-electron chi connectivity index (χ0n) is 16.3. The average molecular weight is 478 g/mol. The maximum absolute atomic E-state index is 13.0. The molecule has 1 aliphatic rings. The fourth-order valence-corrected chi connectivity index (χ4v) is 3.99. The molecule has 2 N–H and O–H groups in total. The highest BCUT2D eigenvalue weighted by molar-refractivity contribution is 9.10. The molecule has 0 aliphatic heterocycles. The van der Waals surface area contributed by atoms with Crippen LogP contribution >= 0.6 is 15.9 Å². The van der Waals surface area contributed by atoms with E-state index in [1.807, 2.05) is 30.3 Å². The normalized spacial score (nSPS) is 13.3. The smallest absolute Gasteiger partial charge is 0.257 e. The average Bonchev–Trinajstić information content (AvgIpc) is 3.57. The molecule has 3 heterocycles. The standard InChI is InChI=1S/C23H17BrN4O3/c24-16-9-15(11-27(31)12-16)14-3-1-4-18(10-14)28-13-20(23(30)26-17-6-7-17)21(29)19-5-2-8-25-22(19)28/h1-5,8-13,17H,6-7H2,(H-,26,30,31)/p+1. The molecule has 3 aromatic heterocycles. The minimum absolute atomic E-state index is 0.0912. The maximum atomic E-state index is 13.0. The Morgan fingerprint density at radius 1 is 1.16 bits per heavy atom. The van der Waals surface area contributed by atoms with Crippen molar-refractivity contribution in [1.29, 1.82) is 0 Å². The number of fused-ring (bicyclic) bond motifs is 1. The first-order valence-corrected chi connectivity index (χ1v) is 10.6. The number of rotatable bonds is 4. The highest BCUT2D eigenvalue weighted by Gasteiger charge is 2.26. The highest BCUT2D eigenvalue weighted by Crippen LogP contribution is 2.25. The number of pyridine rings is 3. The van der Waals surface area contributed by atoms with Crippen molar-refractivity contribution in [2.75, 3.05) is 0 Å². The number of nitrogens with one attached hydrogen (secondary N) is 1. The van der Waals surface area contributed by atoms with E-state index < -0.39 is 0 Å². The molecule has 0 atom stereocenters. The van der Waals surface area contributed by atoms with E-state index in [4.69, 9.17) is 0 Å². The number of nitrogens with zero attached hydrogens (tertiary/aromatic N) is 3. The summed E-state index contributed by atoms with van der Waals surface area (Å²) < 4.78 is 3.47. The van der Waals surface area contributed by atoms with E-state index in [-0.39, 0.29) is 22.9 Å². The zero-order chi connectivity index (χ0) is 21.5. The van der Waals surface area contributed by atoms with Gasteiger partial charge in [0.25, 0.3) is 5.91 Å². The first kappa shape index (κ1) is 19.4. The van der Waals surface area contributed by atoms with Crippen molar-refractivity contribution in [3.8, 4) is 16.8 Å². The van der Waals surface area contributed by atoms with Gasteiger partial charge in [0.15, 0.2) is 0 Å². The molecule has 0 radical (unpaired) electrons. The molecule has 0 bridgehead atoms. The van der Waals surface area contributed by atoms with Crippen molar-refractivity contribution in [3.63, 3.8) is 0 Å². The third-order valence-electron chi connectivity index (χ3n) is 5.20. The Morgan fingerprint density at radius 3 is 2.77 bits per heavy atom. The van der Waals surface area contributed by atoms with Gasteiger partial charge in [0.05, 0.1) is 15.4 Å². The molecule has 1 amide bonds. The van der Waals surface area contributed by atoms with E-state index in [0.717, 1.165) is 38.9 Å². The summed E-state index contributed by atoms with van der Waals surface area (Å²) in [5, 5.41) is 13.2. The maximum Gasteiger partial charge on any atom is 0.257 e. The Morgan fingerprint density at radius 2 is 2.00 bits per heavy atom. The third kappa shape index (κ3) is 3.82. The second-order valence-corrected chi connectivity index (χ2v) is 8.45. The summed E-state index contributed by atoms with van der Waals surface area (Å²) in [6.07, 6.45) is 8.19. The molecule has 154 valence electrons. The Hall–Kier alpha value is -3.52. The van der Waals surface area contributed by atoms with Crippen LogP contribution in [0.1, 0.15) is 23.2 Å². The van der Waals surface area contributed by atoms with Crippen molar-refractivity contribution in [2.45, 2.75) is 18.9 Å². The first-order valence-electron chi connectivity index (χ1n) is 9.83. The van der Waals surface area contributed by atoms with Crippen LogP contribution in [0, 0.1) is 0 Å². The molecule has 7 nitrogen and oxygen atoms in total. The molecular formula is C23H18BrN4O3+. The van der Waals surface area contributed by atoms with E-state index in [0.29, 0.717) is 11.0 Å². The van der Waals surface area contributed by atoms with E-state index in [2.05, 4.69) is 26.2 Å². The number of aromatic nitrogens is 3. The summed E-state index contributed by atoms with van der Waals surface area (Å²) in [7, 11) is 0. The van der Waals surface area contributed by atoms with Gasteiger partial charge in [0.2, 0.25) is 17.8 Å². The molecule has 0 unspecified atom stereocenters. The summed E-state index contributed by atoms with van der Waals surface area (Å²) in [4.78, 5) is 30.1. The van der Waals surface area contributed by atoms with E-state index in [9.17, 15) is 14.8 Å². The van der Waals surface area contributed by atoms with Crippen molar-refractivity contribution in [2.24, 2.45) is 0 Å². The van der Waals surface area contributed by atoms with Gasteiger partial charge >= 0.3 is 0 Å². The minimum atomic E-state index is -0.364. The SMILES string of the molecule is O=C(NC1CC1)c1cn(-c2cccc(-c3cc(Br)c[n+](O)c3)c2)c2ncccc2c1=O. The number of halogens is 1. The van der Waals surface area contributed by atoms with Crippen LogP contribution in [0.15, 0.2) is 76.5 Å². The Labute approximate surface area is 185 Å². The van der Waals surface area contributed by atoms with Crippen LogP contribution in [0.2, 0.25) is 0 Å². The van der Waals surface area contributed by atoms with Gasteiger partial charge < -0.3 is 9.88 Å². The lowest BCUT2D eigenvalue weighted by Crippen LogP contribution is -2.31. The Kier molecular flexibility index (Phi) is 4.78. The van der Waals surface area contributed by atoms with E-state index in [1.54, 1.807) is 35.3 Å². The molecule has 8 heteroatoms. The zero-order valence-corrected chi connectivity index (χ0v) is 17.9. The van der Waals surface area contributed by atoms with Crippen LogP contribution in [0.4, 0.5) is 0 Å². The minimum Gasteiger partial charge on any atom is -0.349 e. The fraction of sp³-hybridized carbons (Fsp3) is 0.130. The van der Waals surface area contributed by atoms with Crippen LogP contribution in [0.25, 0.3) is 27.8 Å². The quantitative estimate of drug-likeness (QED) is 0.348. The van der Waals surface area contributed by atoms with E-state index in [1.165, 1.54) is 6.20 Å². The van der Waals surface area contributed by atoms with E-state index >= 15 is 0 Å². The number of hydrogen-bond acceptors (Lipinski definition) is 4. The lowest BCUT2D eigenvalue weighted by Gasteiger charge is -2.14. The number of benzene rings is 1. The number of carbonyl (C=O) groups excluding carboxylic acids is 1. The fourth-order valence-electron chi connectivity index (χ4n) is 3.53. The van der Waals surface area contributed by atoms with Gasteiger partial charge in [-0.3, -0.25) is 14.8 Å². The second-order valence-electron chi connectivity index (χ2n) is 7.54. The highest BCUT2D eigenvalue weighted by atomic mass is 79.9. The Balaban J connectivity index is 1.68. The van der Waals surface area contributed by atoms with Gasteiger partial charge in [0, 0.05) is 28.9 Å². The van der Waals surface area contributed by atoms with Crippen LogP contribution in [0.5, 0.6) is 0 Å². The van der Waals surface area contributed by atoms with Crippen molar-refractivity contribution >= 4 is 32.9 Å². The number of amides is 1. The number of carbonyl (C=O) groups is 1. The number of hydrogen-bond donors (Lipinski definition) is 2. The summed E-state index contributed by atoms with van der Waals surface area (Å²) in [5.41, 5.74) is 2.62. The van der Waals surface area contributed by atoms with Crippen LogP contribution in [-0.2, 0) is 0 Å². The van der Waals surface area contributed by atoms with Gasteiger partial charge in [-0.05, 0) is 64.7 Å². The van der Waals surface area contributed by atoms with Gasteiger partial charge in [-0.1, -0.05) is 12.1 Å². The van der Waals surface area contributed by atoms with Crippen LogP contribution in [-0.4, -0.2) is 26.7 Å². The summed E-state index contributed by atoms with van der Waals surface area (Å²) in [5.74, 6) is -0.364. The molecule has 1 fully saturated rings. The molecule has 1 aliphatic carbocycles. The largest absolute Gasteiger partial charge is 0.349 e. The lowest BCUT2D eigenvalue weighted by atomic mass is 10.1. The topological polar surface area (TPSA) is 88.1 Å². The molecule has 0 spiro atoms. The third-order valence-corrected chi connectivity index (χ3v) is 5.63. The predicted octanol–water partition coefficient (Wildman–Crippen LogP) is 3.23. The second kappa shape index (κ2) is 7.63. The van der Waals surface area contributed by atoms with Crippen molar-refractivity contribution in [1.82, 2.24) is 14.9 Å². The summed E-state index contributed by atoms with van der Waals surface area (Å²) in [6.45, 7) is 0. The molecule has 31 heavy (non-hydrogen) atoms. The molecule has 0 saturated heterocycles. The van der Waals surface area contributed by atoms with Crippen LogP contribution < -0.4 is 15.5 Å². The van der Waals surface area contributed by atoms with Gasteiger partial charge in [-0.15, -0.1) is 0 Å². The monoisotopic (exact) mass is 477 g/mol. The lowest BCUT2D eigenvalue weighted by molar-refractivity contribution is -0.904. The van der Waals surface area contributed by atoms with Gasteiger partial charge in [-0.25, -0.2) is 4.98 Å². The molecule has 5 rings (SSSR count). The molecular weight excluding hydrogens is 460 g/mol. The van der Waals surface area contributed by atoms with Crippen LogP contribution in [0.3, 0.4) is 0 Å². The predicted molar refractivity (Wildman–Crippen MR) is 118 cm³/mol. The van der Waals surface area contributed by atoms with Crippen molar-refractivity contribution in [3.05, 3.63) is 87.5 Å². The molecule has 1 saturated carbocycles. The molecule has 4 aromatic rings. The summed E-state index contributed by atoms with van der Waals surface area (Å²) >= 11 is 3.39.